The number of anilines is 1. The fourth-order valence-corrected chi connectivity index (χ4v) is 2.87. The minimum Gasteiger partial charge on any atom is -0.363 e. The van der Waals surface area contributed by atoms with E-state index in [4.69, 9.17) is 0 Å². The van der Waals surface area contributed by atoms with Crippen LogP contribution in [0.3, 0.4) is 0 Å². The normalized spacial score (nSPS) is 12.2. The lowest BCUT2D eigenvalue weighted by Gasteiger charge is -2.14. The molecule has 4 rings (SSSR count). The molecule has 1 atom stereocenters. The summed E-state index contributed by atoms with van der Waals surface area (Å²) in [6, 6.07) is 18.4. The lowest BCUT2D eigenvalue weighted by molar-refractivity contribution is 0.685. The Labute approximate surface area is 146 Å². The Balaban J connectivity index is 1.52. The molecule has 0 radical (unpaired) electrons. The molecule has 0 saturated heterocycles. The van der Waals surface area contributed by atoms with Gasteiger partial charge in [-0.25, -0.2) is 9.97 Å². The first-order valence-corrected chi connectivity index (χ1v) is 8.32. The fourth-order valence-electron chi connectivity index (χ4n) is 2.87. The number of hydrogen-bond donors (Lipinski definition) is 1. The second kappa shape index (κ2) is 6.73. The van der Waals surface area contributed by atoms with Crippen molar-refractivity contribution in [1.82, 2.24) is 19.7 Å². The maximum Gasteiger partial charge on any atom is 0.137 e. The molecule has 0 fully saturated rings. The zero-order valence-corrected chi connectivity index (χ0v) is 14.0. The summed E-state index contributed by atoms with van der Waals surface area (Å²) < 4.78 is 1.96. The summed E-state index contributed by atoms with van der Waals surface area (Å²) in [5.41, 5.74) is 3.30. The molecule has 2 aromatic heterocycles. The molecule has 4 aromatic rings. The highest BCUT2D eigenvalue weighted by Crippen LogP contribution is 2.23. The molecule has 2 aromatic carbocycles. The van der Waals surface area contributed by atoms with Gasteiger partial charge in [-0.3, -0.25) is 4.68 Å². The molecule has 5 nitrogen and oxygen atoms in total. The van der Waals surface area contributed by atoms with E-state index < -0.39 is 0 Å². The fraction of sp³-hybridized carbons (Fsp3) is 0.150. The van der Waals surface area contributed by atoms with Gasteiger partial charge in [0.1, 0.15) is 12.1 Å². The largest absolute Gasteiger partial charge is 0.363 e. The van der Waals surface area contributed by atoms with Gasteiger partial charge < -0.3 is 5.32 Å². The van der Waals surface area contributed by atoms with Gasteiger partial charge in [0.25, 0.3) is 0 Å². The molecule has 5 heteroatoms. The van der Waals surface area contributed by atoms with Gasteiger partial charge in [-0.15, -0.1) is 0 Å². The maximum absolute atomic E-state index is 4.48. The number of rotatable bonds is 5. The number of nitrogens with zero attached hydrogens (tertiary/aromatic N) is 4. The molecule has 0 amide bonds. The Kier molecular flexibility index (Phi) is 4.12. The van der Waals surface area contributed by atoms with Crippen molar-refractivity contribution < 1.29 is 0 Å². The second-order valence-corrected chi connectivity index (χ2v) is 6.06. The van der Waals surface area contributed by atoms with Crippen molar-refractivity contribution in [3.05, 3.63) is 84.4 Å². The summed E-state index contributed by atoms with van der Waals surface area (Å²) in [7, 11) is 0. The summed E-state index contributed by atoms with van der Waals surface area (Å²) in [5, 5.41) is 8.98. The lowest BCUT2D eigenvalue weighted by atomic mass is 10.1. The van der Waals surface area contributed by atoms with E-state index in [2.05, 4.69) is 45.6 Å². The Morgan fingerprint density at radius 1 is 1.00 bits per heavy atom. The average molecular weight is 329 g/mol. The lowest BCUT2D eigenvalue weighted by Crippen LogP contribution is -2.08. The molecule has 25 heavy (non-hydrogen) atoms. The highest BCUT2D eigenvalue weighted by Gasteiger charge is 2.11. The van der Waals surface area contributed by atoms with E-state index in [-0.39, 0.29) is 6.04 Å². The third-order valence-electron chi connectivity index (χ3n) is 4.24. The van der Waals surface area contributed by atoms with Crippen LogP contribution in [0.2, 0.25) is 0 Å². The Morgan fingerprint density at radius 3 is 2.68 bits per heavy atom. The third-order valence-corrected chi connectivity index (χ3v) is 4.24. The number of benzene rings is 2. The van der Waals surface area contributed by atoms with E-state index in [0.29, 0.717) is 0 Å². The zero-order chi connectivity index (χ0) is 17.1. The smallest absolute Gasteiger partial charge is 0.137 e. The molecule has 0 aliphatic rings. The first kappa shape index (κ1) is 15.3. The summed E-state index contributed by atoms with van der Waals surface area (Å²) in [6.45, 7) is 2.88. The second-order valence-electron chi connectivity index (χ2n) is 6.06. The molecule has 2 heterocycles. The van der Waals surface area contributed by atoms with Crippen molar-refractivity contribution in [2.75, 3.05) is 5.32 Å². The van der Waals surface area contributed by atoms with Crippen molar-refractivity contribution in [2.24, 2.45) is 0 Å². The molecular weight excluding hydrogens is 310 g/mol. The highest BCUT2D eigenvalue weighted by molar-refractivity contribution is 5.88. The van der Waals surface area contributed by atoms with Crippen molar-refractivity contribution >= 4 is 16.7 Å². The van der Waals surface area contributed by atoms with E-state index in [1.54, 1.807) is 6.33 Å². The number of fused-ring (bicyclic) bond motifs is 1. The molecule has 0 bridgehead atoms. The van der Waals surface area contributed by atoms with Crippen LogP contribution in [0.15, 0.2) is 73.3 Å². The predicted molar refractivity (Wildman–Crippen MR) is 99.3 cm³/mol. The predicted octanol–water partition coefficient (Wildman–Crippen LogP) is 4.05. The van der Waals surface area contributed by atoms with Gasteiger partial charge >= 0.3 is 0 Å². The van der Waals surface area contributed by atoms with Gasteiger partial charge in [-0.1, -0.05) is 42.5 Å². The first-order valence-electron chi connectivity index (χ1n) is 8.32. The van der Waals surface area contributed by atoms with E-state index in [1.165, 1.54) is 5.56 Å². The van der Waals surface area contributed by atoms with Crippen LogP contribution in [0.4, 0.5) is 5.82 Å². The minimum atomic E-state index is 0.0998. The van der Waals surface area contributed by atoms with E-state index in [9.17, 15) is 0 Å². The van der Waals surface area contributed by atoms with Crippen molar-refractivity contribution in [2.45, 2.75) is 19.5 Å². The summed E-state index contributed by atoms with van der Waals surface area (Å²) in [5.74, 6) is 0.842. The van der Waals surface area contributed by atoms with Gasteiger partial charge in [0.05, 0.1) is 24.3 Å². The standard InChI is InChI=1S/C20H19N5/c1-15(24-20-18-9-5-6-10-19(18)21-14-22-20)17-11-23-25(13-17)12-16-7-3-2-4-8-16/h2-11,13-15H,12H2,1H3,(H,21,22,24). The summed E-state index contributed by atoms with van der Waals surface area (Å²) >= 11 is 0. The van der Waals surface area contributed by atoms with Gasteiger partial charge in [-0.05, 0) is 24.6 Å². The molecule has 0 saturated carbocycles. The number of hydrogen-bond acceptors (Lipinski definition) is 4. The minimum absolute atomic E-state index is 0.0998. The van der Waals surface area contributed by atoms with Crippen LogP contribution in [0, 0.1) is 0 Å². The molecule has 0 aliphatic heterocycles. The molecule has 1 N–H and O–H groups in total. The van der Waals surface area contributed by atoms with Crippen LogP contribution in [0.5, 0.6) is 0 Å². The molecule has 124 valence electrons. The monoisotopic (exact) mass is 329 g/mol. The Morgan fingerprint density at radius 2 is 1.80 bits per heavy atom. The van der Waals surface area contributed by atoms with Crippen LogP contribution < -0.4 is 5.32 Å². The quantitative estimate of drug-likeness (QED) is 0.600. The van der Waals surface area contributed by atoms with Gasteiger partial charge in [0, 0.05) is 17.1 Å². The summed E-state index contributed by atoms with van der Waals surface area (Å²) in [4.78, 5) is 8.70. The van der Waals surface area contributed by atoms with Crippen LogP contribution in [-0.2, 0) is 6.54 Å². The maximum atomic E-state index is 4.48. The number of para-hydroxylation sites is 1. The SMILES string of the molecule is CC(Nc1ncnc2ccccc12)c1cnn(Cc2ccccc2)c1. The molecule has 0 spiro atoms. The van der Waals surface area contributed by atoms with E-state index in [1.807, 2.05) is 53.3 Å². The number of nitrogens with one attached hydrogen (secondary N) is 1. The van der Waals surface area contributed by atoms with Gasteiger partial charge in [0.2, 0.25) is 0 Å². The third kappa shape index (κ3) is 3.35. The van der Waals surface area contributed by atoms with Gasteiger partial charge in [-0.2, -0.15) is 5.10 Å². The molecule has 1 unspecified atom stereocenters. The van der Waals surface area contributed by atoms with Crippen molar-refractivity contribution in [3.8, 4) is 0 Å². The molecular formula is C20H19N5. The van der Waals surface area contributed by atoms with Crippen LogP contribution in [0.25, 0.3) is 10.9 Å². The van der Waals surface area contributed by atoms with Crippen molar-refractivity contribution in [1.29, 1.82) is 0 Å². The number of aromatic nitrogens is 4. The van der Waals surface area contributed by atoms with Crippen molar-refractivity contribution in [3.63, 3.8) is 0 Å². The zero-order valence-electron chi connectivity index (χ0n) is 14.0. The molecule has 0 aliphatic carbocycles. The Hall–Kier alpha value is -3.21. The summed E-state index contributed by atoms with van der Waals surface area (Å²) in [6.07, 6.45) is 5.58. The highest BCUT2D eigenvalue weighted by atomic mass is 15.3. The van der Waals surface area contributed by atoms with Gasteiger partial charge in [0.15, 0.2) is 0 Å². The van der Waals surface area contributed by atoms with Crippen LogP contribution in [0.1, 0.15) is 24.1 Å². The van der Waals surface area contributed by atoms with E-state index in [0.717, 1.165) is 28.8 Å². The first-order chi connectivity index (χ1) is 12.3. The average Bonchev–Trinajstić information content (AvgIpc) is 3.11. The van der Waals surface area contributed by atoms with Crippen LogP contribution >= 0.6 is 0 Å². The topological polar surface area (TPSA) is 55.6 Å². The van der Waals surface area contributed by atoms with E-state index >= 15 is 0 Å². The Bertz CT molecular complexity index is 972. The van der Waals surface area contributed by atoms with Crippen LogP contribution in [-0.4, -0.2) is 19.7 Å².